The van der Waals surface area contributed by atoms with Crippen LogP contribution in [-0.2, 0) is 0 Å². The summed E-state index contributed by atoms with van der Waals surface area (Å²) in [5, 5.41) is 12.3. The van der Waals surface area contributed by atoms with Crippen LogP contribution in [0.3, 0.4) is 0 Å². The van der Waals surface area contributed by atoms with Gasteiger partial charge in [-0.1, -0.05) is 20.3 Å². The molecule has 3 heteroatoms. The standard InChI is InChI=1S/C13H17BrN2/c1-3-5-11(4-2)16-12-7-6-10(9-15)13(14)8-12/h6-8,11,16H,3-5H2,1-2H3. The van der Waals surface area contributed by atoms with Crippen molar-refractivity contribution in [2.24, 2.45) is 0 Å². The monoisotopic (exact) mass is 280 g/mol. The minimum atomic E-state index is 0.518. The van der Waals surface area contributed by atoms with E-state index in [0.29, 0.717) is 11.6 Å². The van der Waals surface area contributed by atoms with Gasteiger partial charge in [0.2, 0.25) is 0 Å². The summed E-state index contributed by atoms with van der Waals surface area (Å²) in [4.78, 5) is 0. The maximum atomic E-state index is 8.82. The van der Waals surface area contributed by atoms with Gasteiger partial charge in [0.25, 0.3) is 0 Å². The van der Waals surface area contributed by atoms with Gasteiger partial charge in [-0.2, -0.15) is 5.26 Å². The lowest BCUT2D eigenvalue weighted by molar-refractivity contribution is 0.623. The van der Waals surface area contributed by atoms with Gasteiger partial charge in [-0.25, -0.2) is 0 Å². The first-order chi connectivity index (χ1) is 7.71. The van der Waals surface area contributed by atoms with Gasteiger partial charge < -0.3 is 5.32 Å². The molecule has 0 radical (unpaired) electrons. The normalized spacial score (nSPS) is 11.9. The summed E-state index contributed by atoms with van der Waals surface area (Å²) in [6, 6.07) is 8.43. The molecule has 1 rings (SSSR count). The first kappa shape index (κ1) is 13.1. The lowest BCUT2D eigenvalue weighted by Gasteiger charge is -2.17. The van der Waals surface area contributed by atoms with Crippen molar-refractivity contribution in [1.29, 1.82) is 5.26 Å². The fourth-order valence-electron chi connectivity index (χ4n) is 1.66. The number of hydrogen-bond donors (Lipinski definition) is 1. The van der Waals surface area contributed by atoms with Crippen LogP contribution in [0.2, 0.25) is 0 Å². The molecule has 0 saturated heterocycles. The van der Waals surface area contributed by atoms with Crippen LogP contribution in [-0.4, -0.2) is 6.04 Å². The summed E-state index contributed by atoms with van der Waals surface area (Å²) >= 11 is 3.40. The van der Waals surface area contributed by atoms with E-state index in [4.69, 9.17) is 5.26 Å². The second-order valence-corrected chi connectivity index (χ2v) is 4.70. The van der Waals surface area contributed by atoms with Crippen LogP contribution in [0.15, 0.2) is 22.7 Å². The molecule has 1 unspecified atom stereocenters. The van der Waals surface area contributed by atoms with E-state index in [1.54, 1.807) is 0 Å². The van der Waals surface area contributed by atoms with Crippen molar-refractivity contribution >= 4 is 21.6 Å². The molecule has 0 aliphatic rings. The molecule has 0 fully saturated rings. The van der Waals surface area contributed by atoms with Gasteiger partial charge in [0.15, 0.2) is 0 Å². The van der Waals surface area contributed by atoms with Gasteiger partial charge in [-0.05, 0) is 47.0 Å². The largest absolute Gasteiger partial charge is 0.382 e. The molecule has 0 saturated carbocycles. The molecule has 0 bridgehead atoms. The Balaban J connectivity index is 2.74. The first-order valence-corrected chi connectivity index (χ1v) is 6.46. The molecule has 0 heterocycles. The molecule has 0 amide bonds. The lowest BCUT2D eigenvalue weighted by atomic mass is 10.1. The third-order valence-corrected chi connectivity index (χ3v) is 3.25. The van der Waals surface area contributed by atoms with Crippen LogP contribution in [0.25, 0.3) is 0 Å². The number of rotatable bonds is 5. The Bertz CT molecular complexity index is 382. The fraction of sp³-hybridized carbons (Fsp3) is 0.462. The summed E-state index contributed by atoms with van der Waals surface area (Å²) in [7, 11) is 0. The quantitative estimate of drug-likeness (QED) is 0.872. The van der Waals surface area contributed by atoms with Crippen LogP contribution < -0.4 is 5.32 Å². The summed E-state index contributed by atoms with van der Waals surface area (Å²) in [5.74, 6) is 0. The highest BCUT2D eigenvalue weighted by molar-refractivity contribution is 9.10. The summed E-state index contributed by atoms with van der Waals surface area (Å²) in [5.41, 5.74) is 1.75. The van der Waals surface area contributed by atoms with Gasteiger partial charge in [-0.15, -0.1) is 0 Å². The molecule has 0 spiro atoms. The molecular weight excluding hydrogens is 264 g/mol. The Hall–Kier alpha value is -1.01. The number of nitrogens with zero attached hydrogens (tertiary/aromatic N) is 1. The number of nitriles is 1. The van der Waals surface area contributed by atoms with Gasteiger partial charge >= 0.3 is 0 Å². The highest BCUT2D eigenvalue weighted by atomic mass is 79.9. The van der Waals surface area contributed by atoms with E-state index < -0.39 is 0 Å². The number of benzene rings is 1. The highest BCUT2D eigenvalue weighted by Gasteiger charge is 2.06. The van der Waals surface area contributed by atoms with E-state index >= 15 is 0 Å². The average Bonchev–Trinajstić information content (AvgIpc) is 2.28. The predicted octanol–water partition coefficient (Wildman–Crippen LogP) is 4.31. The minimum absolute atomic E-state index is 0.518. The first-order valence-electron chi connectivity index (χ1n) is 5.67. The van der Waals surface area contributed by atoms with E-state index in [1.165, 1.54) is 12.8 Å². The van der Waals surface area contributed by atoms with E-state index in [-0.39, 0.29) is 0 Å². The molecule has 86 valence electrons. The van der Waals surface area contributed by atoms with E-state index in [9.17, 15) is 0 Å². The average molecular weight is 281 g/mol. The Kier molecular flexibility index (Phi) is 5.34. The van der Waals surface area contributed by atoms with E-state index in [2.05, 4.69) is 41.2 Å². The smallest absolute Gasteiger partial charge is 0.100 e. The Morgan fingerprint density at radius 1 is 1.44 bits per heavy atom. The zero-order valence-corrected chi connectivity index (χ0v) is 11.3. The van der Waals surface area contributed by atoms with Crippen LogP contribution in [0, 0.1) is 11.3 Å². The highest BCUT2D eigenvalue weighted by Crippen LogP contribution is 2.22. The van der Waals surface area contributed by atoms with Gasteiger partial charge in [0, 0.05) is 16.2 Å². The number of anilines is 1. The third-order valence-electron chi connectivity index (χ3n) is 2.59. The second-order valence-electron chi connectivity index (χ2n) is 3.84. The van der Waals surface area contributed by atoms with Gasteiger partial charge in [-0.3, -0.25) is 0 Å². The summed E-state index contributed by atoms with van der Waals surface area (Å²) in [6.07, 6.45) is 3.47. The van der Waals surface area contributed by atoms with Crippen molar-refractivity contribution in [2.75, 3.05) is 5.32 Å². The minimum Gasteiger partial charge on any atom is -0.382 e. The van der Waals surface area contributed by atoms with Crippen molar-refractivity contribution < 1.29 is 0 Å². The van der Waals surface area contributed by atoms with Crippen molar-refractivity contribution in [2.45, 2.75) is 39.2 Å². The molecule has 0 aliphatic heterocycles. The summed E-state index contributed by atoms with van der Waals surface area (Å²) in [6.45, 7) is 4.38. The maximum Gasteiger partial charge on any atom is 0.100 e. The number of halogens is 1. The van der Waals surface area contributed by atoms with Crippen LogP contribution in [0.5, 0.6) is 0 Å². The van der Waals surface area contributed by atoms with Crippen molar-refractivity contribution in [3.8, 4) is 6.07 Å². The molecule has 2 nitrogen and oxygen atoms in total. The van der Waals surface area contributed by atoms with E-state index in [1.807, 2.05) is 18.2 Å². The van der Waals surface area contributed by atoms with Crippen LogP contribution >= 0.6 is 15.9 Å². The van der Waals surface area contributed by atoms with Crippen molar-refractivity contribution in [1.82, 2.24) is 0 Å². The Morgan fingerprint density at radius 3 is 2.69 bits per heavy atom. The second kappa shape index (κ2) is 6.55. The SMILES string of the molecule is CCCC(CC)Nc1ccc(C#N)c(Br)c1. The topological polar surface area (TPSA) is 35.8 Å². The maximum absolute atomic E-state index is 8.82. The Labute approximate surface area is 106 Å². The zero-order chi connectivity index (χ0) is 12.0. The number of nitrogens with one attached hydrogen (secondary N) is 1. The zero-order valence-electron chi connectivity index (χ0n) is 9.76. The van der Waals surface area contributed by atoms with Crippen LogP contribution in [0.4, 0.5) is 5.69 Å². The number of hydrogen-bond acceptors (Lipinski definition) is 2. The molecule has 1 atom stereocenters. The molecule has 0 aliphatic carbocycles. The molecule has 0 aromatic heterocycles. The molecule has 1 N–H and O–H groups in total. The predicted molar refractivity (Wildman–Crippen MR) is 71.5 cm³/mol. The molecule has 1 aromatic rings. The lowest BCUT2D eigenvalue weighted by Crippen LogP contribution is -2.17. The van der Waals surface area contributed by atoms with Gasteiger partial charge in [0.05, 0.1) is 5.56 Å². The molecule has 1 aromatic carbocycles. The third kappa shape index (κ3) is 3.53. The Morgan fingerprint density at radius 2 is 2.19 bits per heavy atom. The van der Waals surface area contributed by atoms with E-state index in [0.717, 1.165) is 16.6 Å². The van der Waals surface area contributed by atoms with Crippen LogP contribution in [0.1, 0.15) is 38.7 Å². The van der Waals surface area contributed by atoms with Gasteiger partial charge in [0.1, 0.15) is 6.07 Å². The fourth-order valence-corrected chi connectivity index (χ4v) is 2.13. The molecular formula is C13H17BrN2. The summed E-state index contributed by atoms with van der Waals surface area (Å²) < 4.78 is 0.853. The molecule has 16 heavy (non-hydrogen) atoms. The van der Waals surface area contributed by atoms with Crippen molar-refractivity contribution in [3.63, 3.8) is 0 Å². The van der Waals surface area contributed by atoms with Crippen molar-refractivity contribution in [3.05, 3.63) is 28.2 Å².